The van der Waals surface area contributed by atoms with Crippen LogP contribution in [0.4, 0.5) is 26.3 Å². The fourth-order valence-corrected chi connectivity index (χ4v) is 1.31. The fraction of sp³-hybridized carbons (Fsp3) is 0.400. The summed E-state index contributed by atoms with van der Waals surface area (Å²) in [6.45, 7) is 0. The Morgan fingerprint density at radius 3 is 2.45 bits per heavy atom. The molecule has 20 heavy (non-hydrogen) atoms. The number of halogens is 6. The van der Waals surface area contributed by atoms with Crippen molar-refractivity contribution in [2.45, 2.75) is 19.2 Å². The zero-order valence-corrected chi connectivity index (χ0v) is 9.80. The Hall–Kier alpha value is -2.00. The summed E-state index contributed by atoms with van der Waals surface area (Å²) in [6.07, 6.45) is -9.69. The highest BCUT2D eigenvalue weighted by Gasteiger charge is 2.36. The van der Waals surface area contributed by atoms with Gasteiger partial charge in [0.05, 0.1) is 13.5 Å². The van der Waals surface area contributed by atoms with E-state index in [1.54, 1.807) is 0 Å². The van der Waals surface area contributed by atoms with Crippen LogP contribution in [0.2, 0.25) is 0 Å². The number of hydrogen-bond donors (Lipinski definition) is 0. The van der Waals surface area contributed by atoms with Gasteiger partial charge in [0.1, 0.15) is 0 Å². The lowest BCUT2D eigenvalue weighted by atomic mass is 10.1. The van der Waals surface area contributed by atoms with Crippen LogP contribution in [0.25, 0.3) is 0 Å². The van der Waals surface area contributed by atoms with Gasteiger partial charge in [0.25, 0.3) is 6.43 Å². The van der Waals surface area contributed by atoms with E-state index in [1.165, 1.54) is 0 Å². The predicted molar refractivity (Wildman–Crippen MR) is 51.6 cm³/mol. The van der Waals surface area contributed by atoms with Crippen molar-refractivity contribution in [2.75, 3.05) is 7.11 Å². The molecule has 0 unspecified atom stereocenters. The molecule has 0 atom stereocenters. The highest BCUT2D eigenvalue weighted by molar-refractivity contribution is 5.73. The first-order valence-electron chi connectivity index (χ1n) is 4.94. The summed E-state index contributed by atoms with van der Waals surface area (Å²) >= 11 is 0. The van der Waals surface area contributed by atoms with Crippen molar-refractivity contribution in [2.24, 2.45) is 0 Å². The molecule has 10 heteroatoms. The lowest BCUT2D eigenvalue weighted by molar-refractivity contribution is -0.275. The third-order valence-corrected chi connectivity index (χ3v) is 2.03. The maximum Gasteiger partial charge on any atom is 0.573 e. The molecule has 1 heterocycles. The topological polar surface area (TPSA) is 48.4 Å². The second-order valence-corrected chi connectivity index (χ2v) is 3.42. The number of carbonyl (C=O) groups excluding carboxylic acids is 1. The molecule has 112 valence electrons. The molecule has 0 aliphatic rings. The summed E-state index contributed by atoms with van der Waals surface area (Å²) in [5, 5.41) is 0. The summed E-state index contributed by atoms with van der Waals surface area (Å²) < 4.78 is 82.3. The van der Waals surface area contributed by atoms with Crippen molar-refractivity contribution >= 4 is 5.97 Å². The average Bonchev–Trinajstić information content (AvgIpc) is 2.30. The van der Waals surface area contributed by atoms with E-state index in [0.29, 0.717) is 6.07 Å². The number of carbonyl (C=O) groups is 1. The van der Waals surface area contributed by atoms with E-state index >= 15 is 0 Å². The van der Waals surface area contributed by atoms with Gasteiger partial charge in [-0.3, -0.25) is 4.79 Å². The van der Waals surface area contributed by atoms with E-state index in [-0.39, 0.29) is 0 Å². The molecule has 1 aromatic heterocycles. The van der Waals surface area contributed by atoms with E-state index in [1.807, 2.05) is 0 Å². The summed E-state index contributed by atoms with van der Waals surface area (Å²) in [7, 11) is 0.929. The summed E-state index contributed by atoms with van der Waals surface area (Å²) in [6, 6.07) is 0.393. The second-order valence-electron chi connectivity index (χ2n) is 3.42. The molecule has 0 radical (unpaired) electrons. The van der Waals surface area contributed by atoms with Crippen LogP contribution in [0.5, 0.6) is 5.75 Å². The third-order valence-electron chi connectivity index (χ3n) is 2.03. The van der Waals surface area contributed by atoms with E-state index in [0.717, 1.165) is 7.11 Å². The van der Waals surface area contributed by atoms with Crippen molar-refractivity contribution in [1.29, 1.82) is 0 Å². The summed E-state index contributed by atoms with van der Waals surface area (Å²) in [4.78, 5) is 13.7. The standard InChI is InChI=1S/C10H7F6NO3/c1-19-6(18)3-4-2-5(11)17-7(9(12)13)8(4)20-10(14,15)16/h2,9H,3H2,1H3. The number of methoxy groups -OCH3 is 1. The molecule has 0 fully saturated rings. The van der Waals surface area contributed by atoms with Gasteiger partial charge in [0.2, 0.25) is 5.95 Å². The number of pyridine rings is 1. The van der Waals surface area contributed by atoms with Gasteiger partial charge >= 0.3 is 12.3 Å². The number of rotatable bonds is 4. The highest BCUT2D eigenvalue weighted by atomic mass is 19.4. The fourth-order valence-electron chi connectivity index (χ4n) is 1.31. The minimum Gasteiger partial charge on any atom is -0.469 e. The largest absolute Gasteiger partial charge is 0.573 e. The number of nitrogens with zero attached hydrogens (tertiary/aromatic N) is 1. The SMILES string of the molecule is COC(=O)Cc1cc(F)nc(C(F)F)c1OC(F)(F)F. The van der Waals surface area contributed by atoms with E-state index in [4.69, 9.17) is 0 Å². The molecule has 0 aliphatic carbocycles. The molecular weight excluding hydrogens is 296 g/mol. The zero-order chi connectivity index (χ0) is 15.5. The van der Waals surface area contributed by atoms with Gasteiger partial charge < -0.3 is 9.47 Å². The van der Waals surface area contributed by atoms with Crippen molar-refractivity contribution in [3.8, 4) is 5.75 Å². The van der Waals surface area contributed by atoms with Crippen molar-refractivity contribution < 1.29 is 40.6 Å². The van der Waals surface area contributed by atoms with E-state index in [9.17, 15) is 31.1 Å². The monoisotopic (exact) mass is 303 g/mol. The molecule has 4 nitrogen and oxygen atoms in total. The Labute approximate surface area is 108 Å². The number of esters is 1. The Morgan fingerprint density at radius 2 is 2.00 bits per heavy atom. The minimum atomic E-state index is -5.30. The first kappa shape index (κ1) is 16.1. The third kappa shape index (κ3) is 4.28. The first-order valence-corrected chi connectivity index (χ1v) is 4.94. The van der Waals surface area contributed by atoms with Gasteiger partial charge in [0.15, 0.2) is 11.4 Å². The Bertz CT molecular complexity index is 503. The van der Waals surface area contributed by atoms with Gasteiger partial charge in [-0.1, -0.05) is 0 Å². The Kier molecular flexibility index (Phi) is 4.79. The van der Waals surface area contributed by atoms with Crippen LogP contribution in [0.15, 0.2) is 6.07 Å². The normalized spacial score (nSPS) is 11.6. The molecule has 0 N–H and O–H groups in total. The van der Waals surface area contributed by atoms with Crippen LogP contribution in [0, 0.1) is 5.95 Å². The molecule has 0 saturated heterocycles. The lowest BCUT2D eigenvalue weighted by Gasteiger charge is -2.16. The number of aromatic nitrogens is 1. The van der Waals surface area contributed by atoms with Gasteiger partial charge in [-0.05, 0) is 0 Å². The van der Waals surface area contributed by atoms with Crippen molar-refractivity contribution in [3.63, 3.8) is 0 Å². The number of hydrogen-bond acceptors (Lipinski definition) is 4. The molecule has 1 aromatic rings. The van der Waals surface area contributed by atoms with E-state index < -0.39 is 48.1 Å². The average molecular weight is 303 g/mol. The van der Waals surface area contributed by atoms with E-state index in [2.05, 4.69) is 14.5 Å². The highest BCUT2D eigenvalue weighted by Crippen LogP contribution is 2.35. The minimum absolute atomic E-state index is 0.393. The van der Waals surface area contributed by atoms with Crippen LogP contribution in [0.3, 0.4) is 0 Å². The summed E-state index contributed by atoms with van der Waals surface area (Å²) in [5.41, 5.74) is -2.28. The van der Waals surface area contributed by atoms with Crippen molar-refractivity contribution in [3.05, 3.63) is 23.3 Å². The van der Waals surface area contributed by atoms with Crippen molar-refractivity contribution in [1.82, 2.24) is 4.98 Å². The predicted octanol–water partition coefficient (Wildman–Crippen LogP) is 2.77. The van der Waals surface area contributed by atoms with Crippen LogP contribution < -0.4 is 4.74 Å². The molecule has 0 aromatic carbocycles. The van der Waals surface area contributed by atoms with Crippen LogP contribution >= 0.6 is 0 Å². The second kappa shape index (κ2) is 5.97. The molecule has 1 rings (SSSR count). The van der Waals surface area contributed by atoms with Gasteiger partial charge in [-0.15, -0.1) is 13.2 Å². The van der Waals surface area contributed by atoms with Gasteiger partial charge in [-0.2, -0.15) is 4.39 Å². The van der Waals surface area contributed by atoms with Crippen LogP contribution in [0.1, 0.15) is 17.7 Å². The Balaban J connectivity index is 3.35. The lowest BCUT2D eigenvalue weighted by Crippen LogP contribution is -2.21. The number of ether oxygens (including phenoxy) is 2. The number of alkyl halides is 5. The molecule has 0 amide bonds. The van der Waals surface area contributed by atoms with Gasteiger partial charge in [-0.25, -0.2) is 13.8 Å². The zero-order valence-electron chi connectivity index (χ0n) is 9.80. The molecular formula is C10H7F6NO3. The van der Waals surface area contributed by atoms with Crippen LogP contribution in [-0.4, -0.2) is 24.4 Å². The maximum absolute atomic E-state index is 13.0. The smallest absolute Gasteiger partial charge is 0.469 e. The molecule has 0 spiro atoms. The Morgan fingerprint density at radius 1 is 1.40 bits per heavy atom. The molecule has 0 aliphatic heterocycles. The summed E-state index contributed by atoms with van der Waals surface area (Å²) in [5.74, 6) is -3.92. The quantitative estimate of drug-likeness (QED) is 0.487. The maximum atomic E-state index is 13.0. The van der Waals surface area contributed by atoms with Gasteiger partial charge in [0, 0.05) is 11.6 Å². The first-order chi connectivity index (χ1) is 9.14. The molecule has 0 bridgehead atoms. The molecule has 0 saturated carbocycles. The van der Waals surface area contributed by atoms with Crippen LogP contribution in [-0.2, 0) is 16.0 Å².